The molecule has 4 nitrogen and oxygen atoms in total. The Morgan fingerprint density at radius 1 is 1.13 bits per heavy atom. The van der Waals surface area contributed by atoms with E-state index in [4.69, 9.17) is 11.6 Å². The lowest BCUT2D eigenvalue weighted by atomic mass is 10.2. The second-order valence-electron chi connectivity index (χ2n) is 4.87. The Morgan fingerprint density at radius 3 is 2.74 bits per heavy atom. The molecule has 1 aromatic heterocycles. The van der Waals surface area contributed by atoms with Gasteiger partial charge in [0.1, 0.15) is 0 Å². The van der Waals surface area contributed by atoms with Crippen molar-refractivity contribution in [1.29, 1.82) is 0 Å². The van der Waals surface area contributed by atoms with E-state index in [1.807, 2.05) is 36.5 Å². The average Bonchev–Trinajstić information content (AvgIpc) is 2.98. The molecule has 2 aromatic carbocycles. The second kappa shape index (κ2) is 6.94. The van der Waals surface area contributed by atoms with E-state index in [9.17, 15) is 4.79 Å². The molecule has 2 N–H and O–H groups in total. The molecule has 0 saturated heterocycles. The first-order chi connectivity index (χ1) is 11.2. The van der Waals surface area contributed by atoms with Gasteiger partial charge in [-0.25, -0.2) is 5.43 Å². The van der Waals surface area contributed by atoms with Crippen LogP contribution in [0.25, 0.3) is 17.0 Å². The van der Waals surface area contributed by atoms with Gasteiger partial charge in [0.2, 0.25) is 0 Å². The maximum absolute atomic E-state index is 11.8. The van der Waals surface area contributed by atoms with Crippen molar-refractivity contribution in [3.05, 3.63) is 77.0 Å². The van der Waals surface area contributed by atoms with Crippen molar-refractivity contribution in [2.45, 2.75) is 0 Å². The number of para-hydroxylation sites is 1. The van der Waals surface area contributed by atoms with E-state index in [0.717, 1.165) is 16.5 Å². The van der Waals surface area contributed by atoms with Gasteiger partial charge in [-0.1, -0.05) is 35.9 Å². The molecular weight excluding hydrogens is 310 g/mol. The first-order valence-corrected chi connectivity index (χ1v) is 7.43. The number of nitrogens with one attached hydrogen (secondary N) is 2. The Labute approximate surface area is 138 Å². The highest BCUT2D eigenvalue weighted by Crippen LogP contribution is 2.18. The van der Waals surface area contributed by atoms with E-state index in [1.165, 1.54) is 6.21 Å². The fourth-order valence-corrected chi connectivity index (χ4v) is 2.31. The van der Waals surface area contributed by atoms with Crippen molar-refractivity contribution in [1.82, 2.24) is 10.4 Å². The van der Waals surface area contributed by atoms with Gasteiger partial charge in [0.25, 0.3) is 5.91 Å². The smallest absolute Gasteiger partial charge is 0.271 e. The lowest BCUT2D eigenvalue weighted by Gasteiger charge is -1.98. The van der Waals surface area contributed by atoms with Gasteiger partial charge in [0, 0.05) is 33.9 Å². The molecule has 3 rings (SSSR count). The summed E-state index contributed by atoms with van der Waals surface area (Å²) in [5.41, 5.74) is 5.12. The molecule has 0 fully saturated rings. The Hall–Kier alpha value is -2.85. The molecule has 23 heavy (non-hydrogen) atoms. The highest BCUT2D eigenvalue weighted by molar-refractivity contribution is 6.30. The third-order valence-corrected chi connectivity index (χ3v) is 3.58. The van der Waals surface area contributed by atoms with E-state index in [-0.39, 0.29) is 5.91 Å². The molecule has 3 aromatic rings. The topological polar surface area (TPSA) is 57.2 Å². The number of hydrazone groups is 1. The fourth-order valence-electron chi connectivity index (χ4n) is 2.18. The monoisotopic (exact) mass is 323 g/mol. The van der Waals surface area contributed by atoms with Gasteiger partial charge in [-0.15, -0.1) is 0 Å². The molecule has 0 atom stereocenters. The van der Waals surface area contributed by atoms with Gasteiger partial charge in [-0.3, -0.25) is 4.79 Å². The number of carbonyl (C=O) groups excluding carboxylic acids is 1. The highest BCUT2D eigenvalue weighted by atomic mass is 35.5. The minimum atomic E-state index is -0.279. The van der Waals surface area contributed by atoms with Gasteiger partial charge in [-0.05, 0) is 42.0 Å². The summed E-state index contributed by atoms with van der Waals surface area (Å²) in [5.74, 6) is -0.279. The summed E-state index contributed by atoms with van der Waals surface area (Å²) in [7, 11) is 0. The highest BCUT2D eigenvalue weighted by Gasteiger charge is 2.02. The van der Waals surface area contributed by atoms with Crippen LogP contribution < -0.4 is 5.43 Å². The summed E-state index contributed by atoms with van der Waals surface area (Å²) in [4.78, 5) is 15.0. The summed E-state index contributed by atoms with van der Waals surface area (Å²) in [6.07, 6.45) is 7.17. The van der Waals surface area contributed by atoms with Crippen LogP contribution in [0.3, 0.4) is 0 Å². The summed E-state index contributed by atoms with van der Waals surface area (Å²) in [6.45, 7) is 0. The molecule has 0 spiro atoms. The number of hydrogen-bond acceptors (Lipinski definition) is 2. The van der Waals surface area contributed by atoms with Crippen molar-refractivity contribution in [2.75, 3.05) is 0 Å². The number of amides is 1. The van der Waals surface area contributed by atoms with Gasteiger partial charge in [-0.2, -0.15) is 5.10 Å². The van der Waals surface area contributed by atoms with Crippen molar-refractivity contribution in [2.24, 2.45) is 5.10 Å². The van der Waals surface area contributed by atoms with Crippen LogP contribution in [0.4, 0.5) is 0 Å². The molecule has 1 heterocycles. The van der Waals surface area contributed by atoms with Gasteiger partial charge in [0.05, 0.1) is 0 Å². The van der Waals surface area contributed by atoms with E-state index in [0.29, 0.717) is 10.6 Å². The number of fused-ring (bicyclic) bond motifs is 1. The van der Waals surface area contributed by atoms with Crippen molar-refractivity contribution >= 4 is 40.7 Å². The maximum Gasteiger partial charge on any atom is 0.271 e. The van der Waals surface area contributed by atoms with Crippen molar-refractivity contribution in [3.8, 4) is 0 Å². The number of rotatable bonds is 4. The van der Waals surface area contributed by atoms with Crippen LogP contribution in [-0.2, 0) is 0 Å². The van der Waals surface area contributed by atoms with Crippen LogP contribution in [0.2, 0.25) is 5.02 Å². The second-order valence-corrected chi connectivity index (χ2v) is 5.31. The maximum atomic E-state index is 11.8. The fraction of sp³-hybridized carbons (Fsp3) is 0. The summed E-state index contributed by atoms with van der Waals surface area (Å²) in [5, 5.41) is 5.63. The number of carbonyl (C=O) groups is 1. The summed E-state index contributed by atoms with van der Waals surface area (Å²) >= 11 is 5.78. The van der Waals surface area contributed by atoms with E-state index < -0.39 is 0 Å². The zero-order chi connectivity index (χ0) is 16.1. The van der Waals surface area contributed by atoms with Crippen LogP contribution >= 0.6 is 11.6 Å². The van der Waals surface area contributed by atoms with Gasteiger partial charge >= 0.3 is 0 Å². The largest absolute Gasteiger partial charge is 0.361 e. The van der Waals surface area contributed by atoms with Crippen LogP contribution in [0.1, 0.15) is 15.9 Å². The molecule has 0 saturated carbocycles. The quantitative estimate of drug-likeness (QED) is 0.547. The minimum Gasteiger partial charge on any atom is -0.361 e. The third-order valence-electron chi connectivity index (χ3n) is 3.33. The number of halogens is 1. The van der Waals surface area contributed by atoms with Crippen LogP contribution in [0, 0.1) is 0 Å². The lowest BCUT2D eigenvalue weighted by Crippen LogP contribution is -2.17. The third kappa shape index (κ3) is 3.67. The van der Waals surface area contributed by atoms with Crippen LogP contribution in [-0.4, -0.2) is 17.1 Å². The molecular formula is C18H14ClN3O. The minimum absolute atomic E-state index is 0.279. The number of allylic oxidation sites excluding steroid dienone is 1. The van der Waals surface area contributed by atoms with Crippen molar-refractivity contribution < 1.29 is 4.79 Å². The van der Waals surface area contributed by atoms with E-state index >= 15 is 0 Å². The Balaban J connectivity index is 1.60. The number of aromatic nitrogens is 1. The Kier molecular flexibility index (Phi) is 4.54. The molecule has 114 valence electrons. The number of hydrogen-bond donors (Lipinski definition) is 2. The molecule has 0 aliphatic rings. The first kappa shape index (κ1) is 15.1. The van der Waals surface area contributed by atoms with Gasteiger partial charge < -0.3 is 4.98 Å². The first-order valence-electron chi connectivity index (χ1n) is 7.06. The molecule has 0 aliphatic heterocycles. The predicted octanol–water partition coefficient (Wildman–Crippen LogP) is 4.25. The lowest BCUT2D eigenvalue weighted by molar-refractivity contribution is 0.0955. The van der Waals surface area contributed by atoms with Crippen LogP contribution in [0.15, 0.2) is 65.9 Å². The normalized spacial score (nSPS) is 11.5. The number of aromatic amines is 1. The Bertz CT molecular complexity index is 879. The Morgan fingerprint density at radius 2 is 1.91 bits per heavy atom. The summed E-state index contributed by atoms with van der Waals surface area (Å²) < 4.78 is 0. The summed E-state index contributed by atoms with van der Waals surface area (Å²) in [6, 6.07) is 14.7. The SMILES string of the molecule is O=C(NN=CC=Cc1c[nH]c2ccccc12)c1ccc(Cl)cc1. The molecule has 1 amide bonds. The molecule has 0 bridgehead atoms. The predicted molar refractivity (Wildman–Crippen MR) is 94.7 cm³/mol. The average molecular weight is 324 g/mol. The van der Waals surface area contributed by atoms with Crippen molar-refractivity contribution in [3.63, 3.8) is 0 Å². The molecule has 0 aliphatic carbocycles. The van der Waals surface area contributed by atoms with Crippen LogP contribution in [0.5, 0.6) is 0 Å². The van der Waals surface area contributed by atoms with Gasteiger partial charge in [0.15, 0.2) is 0 Å². The molecule has 0 unspecified atom stereocenters. The van der Waals surface area contributed by atoms with E-state index in [1.54, 1.807) is 30.3 Å². The standard InChI is InChI=1S/C18H14ClN3O/c19-15-9-7-13(8-10-15)18(23)22-21-11-3-4-14-12-20-17-6-2-1-5-16(14)17/h1-12,20H,(H,22,23). The van der Waals surface area contributed by atoms with E-state index in [2.05, 4.69) is 15.5 Å². The number of benzene rings is 2. The number of H-pyrrole nitrogens is 1. The molecule has 5 heteroatoms. The molecule has 0 radical (unpaired) electrons. The zero-order valence-corrected chi connectivity index (χ0v) is 12.9. The number of nitrogens with zero attached hydrogens (tertiary/aromatic N) is 1. The zero-order valence-electron chi connectivity index (χ0n) is 12.2.